The molecule has 0 aliphatic carbocycles. The molecule has 6 heteroatoms. The van der Waals surface area contributed by atoms with Gasteiger partial charge in [-0.05, 0) is 33.6 Å². The number of amides is 2. The van der Waals surface area contributed by atoms with Gasteiger partial charge in [-0.1, -0.05) is 0 Å². The van der Waals surface area contributed by atoms with Crippen LogP contribution in [0.5, 0.6) is 0 Å². The lowest BCUT2D eigenvalue weighted by atomic mass is 9.90. The highest BCUT2D eigenvalue weighted by molar-refractivity contribution is 5.88. The van der Waals surface area contributed by atoms with Gasteiger partial charge in [-0.25, -0.2) is 0 Å². The molecule has 2 rings (SSSR count). The van der Waals surface area contributed by atoms with E-state index in [1.54, 1.807) is 0 Å². The second-order valence-corrected chi connectivity index (χ2v) is 6.82. The second-order valence-electron chi connectivity index (χ2n) is 6.82. The summed E-state index contributed by atoms with van der Waals surface area (Å²) in [5, 5.41) is 2.94. The number of ether oxygens (including phenoxy) is 1. The highest BCUT2D eigenvalue weighted by Gasteiger charge is 2.41. The van der Waals surface area contributed by atoms with Gasteiger partial charge in [-0.3, -0.25) is 9.59 Å². The van der Waals surface area contributed by atoms with Crippen molar-refractivity contribution in [2.75, 3.05) is 19.8 Å². The maximum atomic E-state index is 12.3. The summed E-state index contributed by atoms with van der Waals surface area (Å²) in [7, 11) is 0. The lowest BCUT2D eigenvalue weighted by Crippen LogP contribution is -2.59. The van der Waals surface area contributed by atoms with Crippen molar-refractivity contribution in [2.24, 2.45) is 5.73 Å². The van der Waals surface area contributed by atoms with Gasteiger partial charge in [0.25, 0.3) is 0 Å². The van der Waals surface area contributed by atoms with Crippen molar-refractivity contribution in [2.45, 2.75) is 57.2 Å². The molecule has 1 unspecified atom stereocenters. The van der Waals surface area contributed by atoms with Crippen molar-refractivity contribution < 1.29 is 14.3 Å². The molecule has 2 fully saturated rings. The van der Waals surface area contributed by atoms with Crippen molar-refractivity contribution in [1.82, 2.24) is 10.2 Å². The maximum absolute atomic E-state index is 12.3. The lowest BCUT2D eigenvalue weighted by Gasteiger charge is -2.34. The molecule has 0 aromatic rings. The first-order valence-electron chi connectivity index (χ1n) is 7.20. The van der Waals surface area contributed by atoms with Crippen molar-refractivity contribution in [3.05, 3.63) is 0 Å². The summed E-state index contributed by atoms with van der Waals surface area (Å²) in [5.41, 5.74) is 5.08. The van der Waals surface area contributed by atoms with E-state index in [-0.39, 0.29) is 23.4 Å². The maximum Gasteiger partial charge on any atom is 0.240 e. The molecule has 3 N–H and O–H groups in total. The molecule has 2 saturated heterocycles. The van der Waals surface area contributed by atoms with Gasteiger partial charge in [0.05, 0.1) is 11.6 Å². The Balaban J connectivity index is 1.94. The Labute approximate surface area is 120 Å². The number of rotatable bonds is 2. The van der Waals surface area contributed by atoms with E-state index in [0.717, 1.165) is 0 Å². The molecule has 1 atom stereocenters. The van der Waals surface area contributed by atoms with Crippen LogP contribution in [0.25, 0.3) is 0 Å². The number of likely N-dealkylation sites (tertiary alicyclic amines) is 1. The van der Waals surface area contributed by atoms with Crippen LogP contribution in [-0.2, 0) is 14.3 Å². The molecule has 0 radical (unpaired) electrons. The van der Waals surface area contributed by atoms with E-state index in [1.807, 2.05) is 25.7 Å². The van der Waals surface area contributed by atoms with E-state index >= 15 is 0 Å². The van der Waals surface area contributed by atoms with Crippen LogP contribution in [0.15, 0.2) is 0 Å². The Morgan fingerprint density at radius 3 is 2.50 bits per heavy atom. The van der Waals surface area contributed by atoms with E-state index < -0.39 is 5.54 Å². The summed E-state index contributed by atoms with van der Waals surface area (Å²) in [4.78, 5) is 26.1. The summed E-state index contributed by atoms with van der Waals surface area (Å²) in [6.07, 6.45) is 1.42. The molecule has 2 aliphatic heterocycles. The number of carbonyl (C=O) groups excluding carboxylic acids is 2. The SMILES string of the molecule is CC(C)(C)N1CC(NC(=O)C2(N)CCOCC2)CC1=O. The summed E-state index contributed by atoms with van der Waals surface area (Å²) < 4.78 is 5.24. The lowest BCUT2D eigenvalue weighted by molar-refractivity contribution is -0.131. The van der Waals surface area contributed by atoms with Crippen LogP contribution in [0.4, 0.5) is 0 Å². The van der Waals surface area contributed by atoms with E-state index in [1.165, 1.54) is 0 Å². The molecule has 114 valence electrons. The first-order valence-corrected chi connectivity index (χ1v) is 7.20. The summed E-state index contributed by atoms with van der Waals surface area (Å²) >= 11 is 0. The Hall–Kier alpha value is -1.14. The van der Waals surface area contributed by atoms with Crippen LogP contribution in [0, 0.1) is 0 Å². The molecule has 2 amide bonds. The van der Waals surface area contributed by atoms with Crippen LogP contribution in [0.1, 0.15) is 40.0 Å². The molecule has 0 aromatic carbocycles. The number of nitrogens with one attached hydrogen (secondary N) is 1. The number of nitrogens with two attached hydrogens (primary N) is 1. The first kappa shape index (κ1) is 15.3. The monoisotopic (exact) mass is 283 g/mol. The van der Waals surface area contributed by atoms with Gasteiger partial charge in [0.2, 0.25) is 11.8 Å². The number of nitrogens with zero attached hydrogens (tertiary/aromatic N) is 1. The highest BCUT2D eigenvalue weighted by Crippen LogP contribution is 2.23. The smallest absolute Gasteiger partial charge is 0.240 e. The molecular formula is C14H25N3O3. The minimum Gasteiger partial charge on any atom is -0.381 e. The topological polar surface area (TPSA) is 84.7 Å². The fourth-order valence-corrected chi connectivity index (χ4v) is 2.74. The van der Waals surface area contributed by atoms with Gasteiger partial charge in [-0.2, -0.15) is 0 Å². The molecule has 0 saturated carbocycles. The normalized spacial score (nSPS) is 26.7. The zero-order valence-corrected chi connectivity index (χ0v) is 12.6. The third-order valence-electron chi connectivity index (χ3n) is 4.11. The van der Waals surface area contributed by atoms with Crippen molar-refractivity contribution in [3.8, 4) is 0 Å². The standard InChI is InChI=1S/C14H25N3O3/c1-13(2,3)17-9-10(8-11(17)18)16-12(19)14(15)4-6-20-7-5-14/h10H,4-9,15H2,1-3H3,(H,16,19). The van der Waals surface area contributed by atoms with Crippen molar-refractivity contribution >= 4 is 11.8 Å². The quantitative estimate of drug-likeness (QED) is 0.747. The molecule has 0 aromatic heterocycles. The third-order valence-corrected chi connectivity index (χ3v) is 4.11. The van der Waals surface area contributed by atoms with Crippen molar-refractivity contribution in [3.63, 3.8) is 0 Å². The van der Waals surface area contributed by atoms with Crippen LogP contribution in [0.2, 0.25) is 0 Å². The molecular weight excluding hydrogens is 258 g/mol. The second kappa shape index (κ2) is 5.33. The molecule has 20 heavy (non-hydrogen) atoms. The number of carbonyl (C=O) groups is 2. The van der Waals surface area contributed by atoms with Crippen LogP contribution in [0.3, 0.4) is 0 Å². The average Bonchev–Trinajstić information content (AvgIpc) is 2.71. The van der Waals surface area contributed by atoms with E-state index in [0.29, 0.717) is 39.0 Å². The highest BCUT2D eigenvalue weighted by atomic mass is 16.5. The van der Waals surface area contributed by atoms with Gasteiger partial charge in [0, 0.05) is 31.7 Å². The molecule has 2 aliphatic rings. The van der Waals surface area contributed by atoms with E-state index in [9.17, 15) is 9.59 Å². The zero-order chi connectivity index (χ0) is 15.0. The Morgan fingerprint density at radius 2 is 2.00 bits per heavy atom. The Morgan fingerprint density at radius 1 is 1.40 bits per heavy atom. The fourth-order valence-electron chi connectivity index (χ4n) is 2.74. The Kier molecular flexibility index (Phi) is 4.07. The van der Waals surface area contributed by atoms with Crippen molar-refractivity contribution in [1.29, 1.82) is 0 Å². The predicted molar refractivity (Wildman–Crippen MR) is 75.0 cm³/mol. The van der Waals surface area contributed by atoms with Crippen LogP contribution < -0.4 is 11.1 Å². The van der Waals surface area contributed by atoms with Gasteiger partial charge in [-0.15, -0.1) is 0 Å². The Bertz CT molecular complexity index is 397. The summed E-state index contributed by atoms with van der Waals surface area (Å²) in [5.74, 6) is -0.0739. The summed E-state index contributed by atoms with van der Waals surface area (Å²) in [6.45, 7) is 7.58. The molecule has 6 nitrogen and oxygen atoms in total. The summed E-state index contributed by atoms with van der Waals surface area (Å²) in [6, 6.07) is -0.141. The number of hydrogen-bond acceptors (Lipinski definition) is 4. The molecule has 0 bridgehead atoms. The number of hydrogen-bond donors (Lipinski definition) is 2. The minimum atomic E-state index is -0.851. The van der Waals surface area contributed by atoms with Gasteiger partial charge in [0.15, 0.2) is 0 Å². The fraction of sp³-hybridized carbons (Fsp3) is 0.857. The van der Waals surface area contributed by atoms with Gasteiger partial charge >= 0.3 is 0 Å². The minimum absolute atomic E-state index is 0.0841. The largest absolute Gasteiger partial charge is 0.381 e. The average molecular weight is 283 g/mol. The van der Waals surface area contributed by atoms with Crippen LogP contribution in [-0.4, -0.2) is 53.6 Å². The van der Waals surface area contributed by atoms with Crippen LogP contribution >= 0.6 is 0 Å². The molecule has 0 spiro atoms. The predicted octanol–water partition coefficient (Wildman–Crippen LogP) is 0.00990. The first-order chi connectivity index (χ1) is 9.22. The van der Waals surface area contributed by atoms with E-state index in [4.69, 9.17) is 10.5 Å². The van der Waals surface area contributed by atoms with E-state index in [2.05, 4.69) is 5.32 Å². The zero-order valence-electron chi connectivity index (χ0n) is 12.6. The molecule has 2 heterocycles. The third kappa shape index (κ3) is 3.12. The van der Waals surface area contributed by atoms with Gasteiger partial charge < -0.3 is 20.7 Å². The van der Waals surface area contributed by atoms with Gasteiger partial charge in [0.1, 0.15) is 0 Å².